The van der Waals surface area contributed by atoms with Gasteiger partial charge in [0.1, 0.15) is 23.7 Å². The average Bonchev–Trinajstić information content (AvgIpc) is 2.84. The molecular weight excluding hydrogens is 275 g/mol. The van der Waals surface area contributed by atoms with Gasteiger partial charge in [0.15, 0.2) is 0 Å². The third-order valence-electron chi connectivity index (χ3n) is 3.77. The van der Waals surface area contributed by atoms with Crippen molar-refractivity contribution in [3.05, 3.63) is 42.0 Å². The molecule has 0 unspecified atom stereocenters. The highest BCUT2D eigenvalue weighted by molar-refractivity contribution is 5.81. The van der Waals surface area contributed by atoms with Crippen molar-refractivity contribution in [2.24, 2.45) is 5.92 Å². The Morgan fingerprint density at radius 3 is 2.71 bits per heavy atom. The van der Waals surface area contributed by atoms with E-state index in [1.54, 1.807) is 12.1 Å². The summed E-state index contributed by atoms with van der Waals surface area (Å²) in [6.45, 7) is 2.94. The maximum absolute atomic E-state index is 13.1. The predicted octanol–water partition coefficient (Wildman–Crippen LogP) is 1.35. The van der Waals surface area contributed by atoms with Gasteiger partial charge in [0.2, 0.25) is 5.95 Å². The second-order valence-electron chi connectivity index (χ2n) is 5.39. The maximum Gasteiger partial charge on any atom is 0.223 e. The van der Waals surface area contributed by atoms with E-state index < -0.39 is 17.7 Å². The first kappa shape index (κ1) is 13.7. The molecule has 3 rings (SSSR count). The van der Waals surface area contributed by atoms with E-state index in [2.05, 4.69) is 15.4 Å². The van der Waals surface area contributed by atoms with Gasteiger partial charge in [0.05, 0.1) is 12.0 Å². The highest BCUT2D eigenvalue weighted by atomic mass is 19.1. The van der Waals surface area contributed by atoms with Crippen molar-refractivity contribution in [1.29, 1.82) is 0 Å². The van der Waals surface area contributed by atoms with Crippen LogP contribution >= 0.6 is 0 Å². The Labute approximate surface area is 120 Å². The smallest absolute Gasteiger partial charge is 0.223 e. The topological polar surface area (TPSA) is 80.0 Å². The lowest BCUT2D eigenvalue weighted by Gasteiger charge is -2.42. The first-order valence-corrected chi connectivity index (χ1v) is 6.56. The van der Waals surface area contributed by atoms with E-state index >= 15 is 0 Å². The minimum Gasteiger partial charge on any atom is -0.370 e. The second kappa shape index (κ2) is 4.63. The molecule has 7 heteroatoms. The summed E-state index contributed by atoms with van der Waals surface area (Å²) in [6.07, 6.45) is 1.34. The van der Waals surface area contributed by atoms with Crippen LogP contribution in [-0.4, -0.2) is 31.4 Å². The third-order valence-corrected chi connectivity index (χ3v) is 3.77. The number of fused-ring (bicyclic) bond motifs is 1. The molecule has 2 heterocycles. The van der Waals surface area contributed by atoms with E-state index in [0.717, 1.165) is 0 Å². The molecule has 110 valence electrons. The third kappa shape index (κ3) is 2.19. The van der Waals surface area contributed by atoms with E-state index in [4.69, 9.17) is 0 Å². The Hall–Kier alpha value is -2.28. The largest absolute Gasteiger partial charge is 0.370 e. The maximum atomic E-state index is 13.1. The standard InChI is InChI=1S/C14H15FN4O2/c1-8(20)11-12(9-3-5-10(15)6-4-9)19-13(16-7-17-19)18-14(11,2)21/h3-7,11-12,21H,1-2H3,(H,16,17,18)/t11-,12+,14-/m1/s1. The Kier molecular flexibility index (Phi) is 3.02. The Bertz CT molecular complexity index is 681. The molecule has 1 aromatic carbocycles. The van der Waals surface area contributed by atoms with Gasteiger partial charge in [-0.05, 0) is 31.5 Å². The SMILES string of the molecule is CC(=O)[C@@H]1[C@H](c2ccc(F)cc2)n2ncnc2N[C@]1(C)O. The van der Waals surface area contributed by atoms with E-state index in [1.807, 2.05) is 0 Å². The van der Waals surface area contributed by atoms with Crippen LogP contribution in [0.2, 0.25) is 0 Å². The molecule has 1 aliphatic heterocycles. The number of rotatable bonds is 2. The van der Waals surface area contributed by atoms with Gasteiger partial charge in [0.25, 0.3) is 0 Å². The number of hydrogen-bond acceptors (Lipinski definition) is 5. The number of benzene rings is 1. The lowest BCUT2D eigenvalue weighted by molar-refractivity contribution is -0.130. The van der Waals surface area contributed by atoms with Gasteiger partial charge in [-0.25, -0.2) is 9.07 Å². The highest BCUT2D eigenvalue weighted by Gasteiger charge is 2.48. The number of anilines is 1. The van der Waals surface area contributed by atoms with Crippen molar-refractivity contribution in [1.82, 2.24) is 14.8 Å². The monoisotopic (exact) mass is 290 g/mol. The van der Waals surface area contributed by atoms with Crippen molar-refractivity contribution in [3.8, 4) is 0 Å². The molecule has 21 heavy (non-hydrogen) atoms. The molecule has 0 spiro atoms. The number of Topliss-reactive ketones (excluding diaryl/α,β-unsaturated/α-hetero) is 1. The number of carbonyl (C=O) groups is 1. The molecule has 0 radical (unpaired) electrons. The molecular formula is C14H15FN4O2. The first-order chi connectivity index (χ1) is 9.90. The fourth-order valence-electron chi connectivity index (χ4n) is 2.91. The molecule has 0 saturated carbocycles. The summed E-state index contributed by atoms with van der Waals surface area (Å²) in [4.78, 5) is 16.1. The summed E-state index contributed by atoms with van der Waals surface area (Å²) in [7, 11) is 0. The fourth-order valence-corrected chi connectivity index (χ4v) is 2.91. The van der Waals surface area contributed by atoms with Crippen LogP contribution in [0, 0.1) is 11.7 Å². The van der Waals surface area contributed by atoms with Gasteiger partial charge in [-0.2, -0.15) is 10.1 Å². The normalized spacial score (nSPS) is 27.8. The molecule has 1 aliphatic rings. The quantitative estimate of drug-likeness (QED) is 0.872. The molecule has 0 fully saturated rings. The van der Waals surface area contributed by atoms with Gasteiger partial charge in [-0.3, -0.25) is 4.79 Å². The summed E-state index contributed by atoms with van der Waals surface area (Å²) in [5.41, 5.74) is -0.779. The highest BCUT2D eigenvalue weighted by Crippen LogP contribution is 2.40. The Morgan fingerprint density at radius 2 is 2.10 bits per heavy atom. The summed E-state index contributed by atoms with van der Waals surface area (Å²) >= 11 is 0. The molecule has 0 amide bonds. The van der Waals surface area contributed by atoms with Gasteiger partial charge in [-0.1, -0.05) is 12.1 Å². The second-order valence-corrected chi connectivity index (χ2v) is 5.39. The van der Waals surface area contributed by atoms with Crippen molar-refractivity contribution >= 4 is 11.7 Å². The summed E-state index contributed by atoms with van der Waals surface area (Å²) in [5, 5.41) is 17.5. The number of carbonyl (C=O) groups excluding carboxylic acids is 1. The van der Waals surface area contributed by atoms with Crippen molar-refractivity contribution < 1.29 is 14.3 Å². The van der Waals surface area contributed by atoms with Gasteiger partial charge in [0, 0.05) is 0 Å². The molecule has 0 bridgehead atoms. The first-order valence-electron chi connectivity index (χ1n) is 6.56. The number of nitrogens with zero attached hydrogens (tertiary/aromatic N) is 3. The molecule has 2 N–H and O–H groups in total. The summed E-state index contributed by atoms with van der Waals surface area (Å²) < 4.78 is 14.7. The predicted molar refractivity (Wildman–Crippen MR) is 73.0 cm³/mol. The Morgan fingerprint density at radius 1 is 1.43 bits per heavy atom. The van der Waals surface area contributed by atoms with Gasteiger partial charge in [-0.15, -0.1) is 0 Å². The van der Waals surface area contributed by atoms with Crippen LogP contribution in [0.5, 0.6) is 0 Å². The van der Waals surface area contributed by atoms with Gasteiger partial charge >= 0.3 is 0 Å². The number of nitrogens with one attached hydrogen (secondary N) is 1. The molecule has 2 aromatic rings. The van der Waals surface area contributed by atoms with Crippen molar-refractivity contribution in [2.75, 3.05) is 5.32 Å². The van der Waals surface area contributed by atoms with E-state index in [1.165, 1.54) is 37.0 Å². The Balaban J connectivity index is 2.18. The zero-order chi connectivity index (χ0) is 15.2. The number of hydrogen-bond donors (Lipinski definition) is 2. The minimum absolute atomic E-state index is 0.192. The zero-order valence-corrected chi connectivity index (χ0v) is 11.6. The van der Waals surface area contributed by atoms with Crippen LogP contribution < -0.4 is 5.32 Å². The lowest BCUT2D eigenvalue weighted by Crippen LogP contribution is -2.54. The minimum atomic E-state index is -1.46. The molecule has 1 aromatic heterocycles. The van der Waals surface area contributed by atoms with Crippen LogP contribution in [0.3, 0.4) is 0 Å². The van der Waals surface area contributed by atoms with E-state index in [9.17, 15) is 14.3 Å². The van der Waals surface area contributed by atoms with E-state index in [0.29, 0.717) is 11.5 Å². The van der Waals surface area contributed by atoms with Crippen LogP contribution in [0.1, 0.15) is 25.5 Å². The van der Waals surface area contributed by atoms with Crippen molar-refractivity contribution in [3.63, 3.8) is 0 Å². The summed E-state index contributed by atoms with van der Waals surface area (Å²) in [5.74, 6) is -0.954. The molecule has 0 aliphatic carbocycles. The number of ketones is 1. The number of halogens is 1. The van der Waals surface area contributed by atoms with E-state index in [-0.39, 0.29) is 11.6 Å². The molecule has 3 atom stereocenters. The van der Waals surface area contributed by atoms with Crippen LogP contribution in [0.4, 0.5) is 10.3 Å². The zero-order valence-electron chi connectivity index (χ0n) is 11.6. The number of aliphatic hydroxyl groups is 1. The van der Waals surface area contributed by atoms with Crippen LogP contribution in [0.15, 0.2) is 30.6 Å². The van der Waals surface area contributed by atoms with Crippen molar-refractivity contribution in [2.45, 2.75) is 25.6 Å². The van der Waals surface area contributed by atoms with Crippen LogP contribution in [-0.2, 0) is 4.79 Å². The molecule has 0 saturated heterocycles. The van der Waals surface area contributed by atoms with Gasteiger partial charge < -0.3 is 10.4 Å². The van der Waals surface area contributed by atoms with Crippen LogP contribution in [0.25, 0.3) is 0 Å². The molecule has 6 nitrogen and oxygen atoms in total. The number of aromatic nitrogens is 3. The fraction of sp³-hybridized carbons (Fsp3) is 0.357. The summed E-state index contributed by atoms with van der Waals surface area (Å²) in [6, 6.07) is 5.27. The lowest BCUT2D eigenvalue weighted by atomic mass is 9.81. The average molecular weight is 290 g/mol.